The van der Waals surface area contributed by atoms with Crippen LogP contribution >= 0.6 is 0 Å². The zero-order valence-electron chi connectivity index (χ0n) is 26.9. The van der Waals surface area contributed by atoms with Crippen molar-refractivity contribution < 1.29 is 18.8 Å². The van der Waals surface area contributed by atoms with Gasteiger partial charge in [-0.1, -0.05) is 127 Å². The molecule has 0 aliphatic carbocycles. The lowest BCUT2D eigenvalue weighted by atomic mass is 10.0. The molecule has 0 aliphatic rings. The highest BCUT2D eigenvalue weighted by Crippen LogP contribution is 2.20. The molecule has 0 saturated carbocycles. The number of quaternary nitrogens is 1. The maximum Gasteiger partial charge on any atom is 0.364 e. The van der Waals surface area contributed by atoms with Crippen LogP contribution in [0.2, 0.25) is 0 Å². The molecular weight excluding hydrogens is 506 g/mol. The fourth-order valence-electron chi connectivity index (χ4n) is 5.63. The van der Waals surface area contributed by atoms with Gasteiger partial charge in [-0.2, -0.15) is 0 Å². The van der Waals surface area contributed by atoms with Gasteiger partial charge in [0.1, 0.15) is 12.3 Å². The van der Waals surface area contributed by atoms with E-state index in [4.69, 9.17) is 9.47 Å². The number of hydrogen-bond donors (Lipinski definition) is 0. The molecule has 4 nitrogen and oxygen atoms in total. The zero-order chi connectivity index (χ0) is 29.6. The minimum atomic E-state index is -0.168. The van der Waals surface area contributed by atoms with Crippen molar-refractivity contribution in [2.45, 2.75) is 129 Å². The van der Waals surface area contributed by atoms with Gasteiger partial charge in [0.15, 0.2) is 6.04 Å². The van der Waals surface area contributed by atoms with Crippen molar-refractivity contribution in [3.8, 4) is 5.75 Å². The molecule has 2 aromatic carbocycles. The predicted molar refractivity (Wildman–Crippen MR) is 173 cm³/mol. The van der Waals surface area contributed by atoms with Crippen molar-refractivity contribution in [3.05, 3.63) is 65.7 Å². The highest BCUT2D eigenvalue weighted by Gasteiger charge is 2.35. The van der Waals surface area contributed by atoms with Crippen LogP contribution in [0.4, 0.5) is 0 Å². The van der Waals surface area contributed by atoms with Gasteiger partial charge in [-0.15, -0.1) is 0 Å². The zero-order valence-corrected chi connectivity index (χ0v) is 26.9. The third kappa shape index (κ3) is 15.5. The van der Waals surface area contributed by atoms with Crippen LogP contribution < -0.4 is 4.74 Å². The smallest absolute Gasteiger partial charge is 0.364 e. The second-order valence-electron chi connectivity index (χ2n) is 12.4. The van der Waals surface area contributed by atoms with Gasteiger partial charge < -0.3 is 14.0 Å². The average molecular weight is 567 g/mol. The molecule has 0 aromatic heterocycles. The molecule has 1 atom stereocenters. The third-order valence-electron chi connectivity index (χ3n) is 8.15. The lowest BCUT2D eigenvalue weighted by Gasteiger charge is -2.36. The minimum Gasteiger partial charge on any atom is -0.493 e. The SMILES string of the molecule is CCCCCCCCCCCCCCc1ccc(OCCCOC(=O)C(CCC)[N+](C)(C)Cc2ccccc2)cc1. The summed E-state index contributed by atoms with van der Waals surface area (Å²) in [6.07, 6.45) is 20.2. The number of hydrogen-bond acceptors (Lipinski definition) is 3. The molecule has 2 rings (SSSR count). The second kappa shape index (κ2) is 21.4. The van der Waals surface area contributed by atoms with Crippen molar-refractivity contribution in [1.29, 1.82) is 0 Å². The van der Waals surface area contributed by atoms with E-state index in [1.165, 1.54) is 88.2 Å². The van der Waals surface area contributed by atoms with Crippen molar-refractivity contribution in [3.63, 3.8) is 0 Å². The molecule has 2 aromatic rings. The molecule has 41 heavy (non-hydrogen) atoms. The van der Waals surface area contributed by atoms with Crippen molar-refractivity contribution in [1.82, 2.24) is 0 Å². The van der Waals surface area contributed by atoms with E-state index in [-0.39, 0.29) is 12.0 Å². The van der Waals surface area contributed by atoms with Crippen LogP contribution in [0, 0.1) is 0 Å². The summed E-state index contributed by atoms with van der Waals surface area (Å²) in [4.78, 5) is 13.0. The van der Waals surface area contributed by atoms with Crippen LogP contribution in [0.3, 0.4) is 0 Å². The maximum absolute atomic E-state index is 13.0. The van der Waals surface area contributed by atoms with Crippen LogP contribution in [-0.4, -0.2) is 43.8 Å². The normalized spacial score (nSPS) is 12.3. The largest absolute Gasteiger partial charge is 0.493 e. The summed E-state index contributed by atoms with van der Waals surface area (Å²) in [7, 11) is 4.25. The Hall–Kier alpha value is -2.33. The standard InChI is InChI=1S/C37H60NO3/c1-5-7-8-9-10-11-12-13-14-15-16-18-23-33-26-28-35(29-27-33)40-30-21-31-41-37(39)36(22-6-2)38(3,4)32-34-24-19-17-20-25-34/h17,19-20,24-29,36H,5-16,18,21-23,30-32H2,1-4H3/q+1. The number of likely N-dealkylation sites (N-methyl/N-ethyl adjacent to an activating group) is 1. The Bertz CT molecular complexity index is 910. The first-order valence-corrected chi connectivity index (χ1v) is 16.7. The monoisotopic (exact) mass is 566 g/mol. The summed E-state index contributed by atoms with van der Waals surface area (Å²) in [5.41, 5.74) is 2.62. The van der Waals surface area contributed by atoms with Gasteiger partial charge in [-0.25, -0.2) is 4.79 Å². The van der Waals surface area contributed by atoms with E-state index in [0.717, 1.165) is 31.6 Å². The third-order valence-corrected chi connectivity index (χ3v) is 8.15. The topological polar surface area (TPSA) is 35.5 Å². The van der Waals surface area contributed by atoms with E-state index in [0.29, 0.717) is 24.1 Å². The number of unbranched alkanes of at least 4 members (excludes halogenated alkanes) is 11. The Morgan fingerprint density at radius 1 is 0.659 bits per heavy atom. The number of esters is 1. The van der Waals surface area contributed by atoms with E-state index >= 15 is 0 Å². The maximum atomic E-state index is 13.0. The molecule has 230 valence electrons. The number of nitrogens with zero attached hydrogens (tertiary/aromatic N) is 1. The predicted octanol–water partition coefficient (Wildman–Crippen LogP) is 9.69. The summed E-state index contributed by atoms with van der Waals surface area (Å²) in [6.45, 7) is 6.15. The fourth-order valence-corrected chi connectivity index (χ4v) is 5.63. The first kappa shape index (κ1) is 34.9. The number of carbonyl (C=O) groups is 1. The van der Waals surface area contributed by atoms with Crippen LogP contribution in [0.1, 0.15) is 121 Å². The van der Waals surface area contributed by atoms with Gasteiger partial charge in [-0.05, 0) is 37.0 Å². The fraction of sp³-hybridized carbons (Fsp3) is 0.649. The lowest BCUT2D eigenvalue weighted by Crippen LogP contribution is -2.52. The number of rotatable bonds is 24. The van der Waals surface area contributed by atoms with Gasteiger partial charge in [-0.3, -0.25) is 0 Å². The Morgan fingerprint density at radius 2 is 1.24 bits per heavy atom. The molecule has 0 N–H and O–H groups in total. The van der Waals surface area contributed by atoms with E-state index in [1.807, 2.05) is 6.07 Å². The summed E-state index contributed by atoms with van der Waals surface area (Å²) in [5, 5.41) is 0. The Balaban J connectivity index is 1.55. The quantitative estimate of drug-likeness (QED) is 0.0721. The molecular formula is C37H60NO3+. The summed E-state index contributed by atoms with van der Waals surface area (Å²) in [6, 6.07) is 18.7. The molecule has 0 spiro atoms. The van der Waals surface area contributed by atoms with Gasteiger partial charge in [0, 0.05) is 18.4 Å². The number of ether oxygens (including phenoxy) is 2. The van der Waals surface area contributed by atoms with E-state index in [9.17, 15) is 4.79 Å². The van der Waals surface area contributed by atoms with Crippen molar-refractivity contribution in [2.75, 3.05) is 27.3 Å². The molecule has 0 aliphatic heterocycles. The molecule has 0 amide bonds. The molecule has 0 heterocycles. The van der Waals surface area contributed by atoms with E-state index < -0.39 is 0 Å². The Kier molecular flexibility index (Phi) is 18.2. The van der Waals surface area contributed by atoms with Crippen LogP contribution in [0.25, 0.3) is 0 Å². The summed E-state index contributed by atoms with van der Waals surface area (Å²) < 4.78 is 12.2. The molecule has 0 saturated heterocycles. The average Bonchev–Trinajstić information content (AvgIpc) is 2.97. The Morgan fingerprint density at radius 3 is 1.83 bits per heavy atom. The van der Waals surface area contributed by atoms with E-state index in [1.54, 1.807) is 0 Å². The number of carbonyl (C=O) groups excluding carboxylic acids is 1. The van der Waals surface area contributed by atoms with E-state index in [2.05, 4.69) is 76.5 Å². The number of benzene rings is 2. The highest BCUT2D eigenvalue weighted by atomic mass is 16.5. The summed E-state index contributed by atoms with van der Waals surface area (Å²) in [5.74, 6) is 0.786. The highest BCUT2D eigenvalue weighted by molar-refractivity contribution is 5.74. The first-order valence-electron chi connectivity index (χ1n) is 16.7. The molecule has 0 fully saturated rings. The first-order chi connectivity index (χ1) is 20.0. The molecule has 1 unspecified atom stereocenters. The van der Waals surface area contributed by atoms with Gasteiger partial charge in [0.05, 0.1) is 27.3 Å². The van der Waals surface area contributed by atoms with Crippen LogP contribution in [0.5, 0.6) is 5.75 Å². The second-order valence-corrected chi connectivity index (χ2v) is 12.4. The molecule has 4 heteroatoms. The molecule has 0 bridgehead atoms. The van der Waals surface area contributed by atoms with Crippen LogP contribution in [-0.2, 0) is 22.5 Å². The van der Waals surface area contributed by atoms with Gasteiger partial charge in [0.25, 0.3) is 0 Å². The minimum absolute atomic E-state index is 0.102. The van der Waals surface area contributed by atoms with Crippen LogP contribution in [0.15, 0.2) is 54.6 Å². The number of aryl methyl sites for hydroxylation is 1. The van der Waals surface area contributed by atoms with Gasteiger partial charge in [0.2, 0.25) is 0 Å². The lowest BCUT2D eigenvalue weighted by molar-refractivity contribution is -0.920. The van der Waals surface area contributed by atoms with Crippen molar-refractivity contribution in [2.24, 2.45) is 0 Å². The van der Waals surface area contributed by atoms with Crippen molar-refractivity contribution >= 4 is 5.97 Å². The van der Waals surface area contributed by atoms with Gasteiger partial charge >= 0.3 is 5.97 Å². The summed E-state index contributed by atoms with van der Waals surface area (Å²) >= 11 is 0. The Labute approximate surface area is 252 Å². The molecule has 0 radical (unpaired) electrons.